The highest BCUT2D eigenvalue weighted by Gasteiger charge is 2.32. The number of fused-ring (bicyclic) bond motifs is 1. The third-order valence-electron chi connectivity index (χ3n) is 6.97. The van der Waals surface area contributed by atoms with Crippen LogP contribution in [0.5, 0.6) is 11.5 Å². The van der Waals surface area contributed by atoms with E-state index in [1.54, 1.807) is 53.4 Å². The summed E-state index contributed by atoms with van der Waals surface area (Å²) in [6.07, 6.45) is 0. The number of aromatic hydroxyl groups is 1. The van der Waals surface area contributed by atoms with Crippen LogP contribution in [0.4, 0.5) is 4.39 Å². The molecular weight excluding hydrogens is 487 g/mol. The van der Waals surface area contributed by atoms with E-state index in [1.165, 1.54) is 18.2 Å². The standard InChI is InChI=1S/C30H29FN2O5/c1-19-16-33(20(2)15-32(19)17-21-8-10-23(31)11-9-21)27(34)18-37-24-12-13-26-25(14-24)28(35)29(36)30(38-26)22-6-4-3-5-7-22/h3-14,19-20,36H,15-18H2,1-2H3/t19-,20+/m0/s1. The van der Waals surface area contributed by atoms with E-state index in [0.29, 0.717) is 36.5 Å². The van der Waals surface area contributed by atoms with Crippen LogP contribution < -0.4 is 10.2 Å². The summed E-state index contributed by atoms with van der Waals surface area (Å²) in [5.41, 5.74) is 1.36. The lowest BCUT2D eigenvalue weighted by molar-refractivity contribution is -0.139. The van der Waals surface area contributed by atoms with Crippen molar-refractivity contribution >= 4 is 16.9 Å². The first-order valence-corrected chi connectivity index (χ1v) is 12.6. The minimum Gasteiger partial charge on any atom is -0.502 e. The normalized spacial score (nSPS) is 18.0. The van der Waals surface area contributed by atoms with Crippen molar-refractivity contribution in [2.45, 2.75) is 32.5 Å². The van der Waals surface area contributed by atoms with Gasteiger partial charge in [0.15, 0.2) is 12.4 Å². The highest BCUT2D eigenvalue weighted by molar-refractivity contribution is 5.83. The number of benzene rings is 3. The number of amides is 1. The molecule has 1 aliphatic rings. The second kappa shape index (κ2) is 10.7. The van der Waals surface area contributed by atoms with Crippen LogP contribution in [0.15, 0.2) is 82.0 Å². The second-order valence-electron chi connectivity index (χ2n) is 9.72. The van der Waals surface area contributed by atoms with Crippen molar-refractivity contribution in [3.05, 3.63) is 94.4 Å². The van der Waals surface area contributed by atoms with Gasteiger partial charge in [0.2, 0.25) is 11.2 Å². The zero-order valence-electron chi connectivity index (χ0n) is 21.3. The number of carbonyl (C=O) groups excluding carboxylic acids is 1. The van der Waals surface area contributed by atoms with Gasteiger partial charge in [-0.25, -0.2) is 4.39 Å². The molecule has 0 saturated carbocycles. The molecule has 3 aromatic carbocycles. The summed E-state index contributed by atoms with van der Waals surface area (Å²) >= 11 is 0. The molecule has 0 radical (unpaired) electrons. The number of nitrogens with zero attached hydrogens (tertiary/aromatic N) is 2. The number of rotatable bonds is 6. The van der Waals surface area contributed by atoms with E-state index >= 15 is 0 Å². The van der Waals surface area contributed by atoms with Crippen molar-refractivity contribution in [3.63, 3.8) is 0 Å². The maximum Gasteiger partial charge on any atom is 0.260 e. The SMILES string of the molecule is C[C@@H]1CN(Cc2ccc(F)cc2)[C@@H](C)CN1C(=O)COc1ccc2oc(-c3ccccc3)c(O)c(=O)c2c1. The summed E-state index contributed by atoms with van der Waals surface area (Å²) in [4.78, 5) is 30.0. The highest BCUT2D eigenvalue weighted by Crippen LogP contribution is 2.31. The Bertz CT molecular complexity index is 1500. The van der Waals surface area contributed by atoms with Crippen LogP contribution in [0.1, 0.15) is 19.4 Å². The molecule has 0 spiro atoms. The van der Waals surface area contributed by atoms with E-state index in [0.717, 1.165) is 5.56 Å². The fraction of sp³-hybridized carbons (Fsp3) is 0.267. The fourth-order valence-electron chi connectivity index (χ4n) is 4.86. The number of halogens is 1. The van der Waals surface area contributed by atoms with Crippen LogP contribution in [0.25, 0.3) is 22.3 Å². The number of hydrogen-bond donors (Lipinski definition) is 1. The van der Waals surface area contributed by atoms with Crippen molar-refractivity contribution in [1.29, 1.82) is 0 Å². The van der Waals surface area contributed by atoms with Crippen molar-refractivity contribution in [2.24, 2.45) is 0 Å². The van der Waals surface area contributed by atoms with Crippen LogP contribution in [-0.4, -0.2) is 52.6 Å². The smallest absolute Gasteiger partial charge is 0.260 e. The quantitative estimate of drug-likeness (QED) is 0.396. The monoisotopic (exact) mass is 516 g/mol. The second-order valence-corrected chi connectivity index (χ2v) is 9.72. The van der Waals surface area contributed by atoms with Crippen LogP contribution in [0.3, 0.4) is 0 Å². The molecular formula is C30H29FN2O5. The summed E-state index contributed by atoms with van der Waals surface area (Å²) in [6.45, 7) is 5.79. The molecule has 1 saturated heterocycles. The molecule has 2 atom stereocenters. The molecule has 0 unspecified atom stereocenters. The topological polar surface area (TPSA) is 83.2 Å². The molecule has 0 aliphatic carbocycles. The van der Waals surface area contributed by atoms with Crippen molar-refractivity contribution in [3.8, 4) is 22.8 Å². The van der Waals surface area contributed by atoms with Gasteiger partial charge in [-0.15, -0.1) is 0 Å². The van der Waals surface area contributed by atoms with Gasteiger partial charge in [-0.1, -0.05) is 42.5 Å². The van der Waals surface area contributed by atoms with Gasteiger partial charge in [-0.05, 0) is 49.7 Å². The Kier molecular flexibility index (Phi) is 7.15. The Morgan fingerprint density at radius 3 is 2.50 bits per heavy atom. The molecule has 38 heavy (non-hydrogen) atoms. The Morgan fingerprint density at radius 2 is 1.76 bits per heavy atom. The molecule has 1 fully saturated rings. The van der Waals surface area contributed by atoms with Gasteiger partial charge in [-0.3, -0.25) is 14.5 Å². The molecule has 196 valence electrons. The van der Waals surface area contributed by atoms with Gasteiger partial charge < -0.3 is 19.2 Å². The number of piperazine rings is 1. The third-order valence-corrected chi connectivity index (χ3v) is 6.97. The number of ether oxygens (including phenoxy) is 1. The lowest BCUT2D eigenvalue weighted by Gasteiger charge is -2.44. The number of carbonyl (C=O) groups is 1. The van der Waals surface area contributed by atoms with Crippen molar-refractivity contribution < 1.29 is 23.4 Å². The Balaban J connectivity index is 1.25. The van der Waals surface area contributed by atoms with Gasteiger partial charge in [0, 0.05) is 37.3 Å². The van der Waals surface area contributed by atoms with Gasteiger partial charge in [0.1, 0.15) is 17.1 Å². The Hall–Kier alpha value is -4.17. The van der Waals surface area contributed by atoms with E-state index in [-0.39, 0.29) is 41.6 Å². The Labute approximate surface area is 219 Å². The largest absolute Gasteiger partial charge is 0.502 e. The summed E-state index contributed by atoms with van der Waals surface area (Å²) < 4.78 is 24.8. The summed E-state index contributed by atoms with van der Waals surface area (Å²) in [5, 5.41) is 10.7. The highest BCUT2D eigenvalue weighted by atomic mass is 19.1. The average Bonchev–Trinajstić information content (AvgIpc) is 2.93. The molecule has 1 amide bonds. The van der Waals surface area contributed by atoms with E-state index in [9.17, 15) is 19.1 Å². The number of hydrogen-bond acceptors (Lipinski definition) is 6. The van der Waals surface area contributed by atoms with E-state index < -0.39 is 11.2 Å². The molecule has 1 aromatic heterocycles. The molecule has 0 bridgehead atoms. The maximum atomic E-state index is 13.2. The van der Waals surface area contributed by atoms with Gasteiger partial charge in [-0.2, -0.15) is 0 Å². The lowest BCUT2D eigenvalue weighted by Crippen LogP contribution is -2.58. The average molecular weight is 517 g/mol. The Morgan fingerprint density at radius 1 is 1.03 bits per heavy atom. The zero-order valence-corrected chi connectivity index (χ0v) is 21.3. The molecule has 5 rings (SSSR count). The van der Waals surface area contributed by atoms with Crippen LogP contribution in [-0.2, 0) is 11.3 Å². The minimum atomic E-state index is -0.568. The molecule has 1 aliphatic heterocycles. The zero-order chi connectivity index (χ0) is 26.8. The maximum absolute atomic E-state index is 13.2. The predicted molar refractivity (Wildman–Crippen MR) is 143 cm³/mol. The first kappa shape index (κ1) is 25.5. The lowest BCUT2D eigenvalue weighted by atomic mass is 10.1. The van der Waals surface area contributed by atoms with Gasteiger partial charge in [0.25, 0.3) is 5.91 Å². The van der Waals surface area contributed by atoms with Crippen LogP contribution >= 0.6 is 0 Å². The summed E-state index contributed by atoms with van der Waals surface area (Å²) in [5.74, 6) is -0.445. The first-order chi connectivity index (χ1) is 18.3. The van der Waals surface area contributed by atoms with Gasteiger partial charge in [0.05, 0.1) is 5.39 Å². The fourth-order valence-corrected chi connectivity index (χ4v) is 4.86. The molecule has 1 N–H and O–H groups in total. The van der Waals surface area contributed by atoms with Crippen LogP contribution in [0, 0.1) is 5.82 Å². The molecule has 2 heterocycles. The van der Waals surface area contributed by atoms with E-state index in [4.69, 9.17) is 9.15 Å². The summed E-state index contributed by atoms with van der Waals surface area (Å²) in [7, 11) is 0. The van der Waals surface area contributed by atoms with E-state index in [2.05, 4.69) is 11.8 Å². The van der Waals surface area contributed by atoms with Gasteiger partial charge >= 0.3 is 0 Å². The van der Waals surface area contributed by atoms with E-state index in [1.807, 2.05) is 13.0 Å². The minimum absolute atomic E-state index is 0.0280. The van der Waals surface area contributed by atoms with Crippen molar-refractivity contribution in [2.75, 3.05) is 19.7 Å². The molecule has 7 nitrogen and oxygen atoms in total. The molecule has 8 heteroatoms. The predicted octanol–water partition coefficient (Wildman–Crippen LogP) is 4.80. The molecule has 4 aromatic rings. The van der Waals surface area contributed by atoms with Crippen LogP contribution in [0.2, 0.25) is 0 Å². The summed E-state index contributed by atoms with van der Waals surface area (Å²) in [6, 6.07) is 20.2. The first-order valence-electron chi connectivity index (χ1n) is 12.6. The third kappa shape index (κ3) is 5.26. The van der Waals surface area contributed by atoms with Crippen molar-refractivity contribution in [1.82, 2.24) is 9.80 Å².